The summed E-state index contributed by atoms with van der Waals surface area (Å²) >= 11 is 0. The number of hydrogen-bond acceptors (Lipinski definition) is 4. The Morgan fingerprint density at radius 1 is 0.926 bits per heavy atom. The number of nitrogens with zero attached hydrogens (tertiary/aromatic N) is 4. The van der Waals surface area contributed by atoms with Crippen molar-refractivity contribution in [1.29, 1.82) is 0 Å². The molecule has 1 N–H and O–H groups in total. The molecule has 0 fully saturated rings. The zero-order valence-corrected chi connectivity index (χ0v) is 14.5. The Labute approximate surface area is 154 Å². The van der Waals surface area contributed by atoms with Crippen molar-refractivity contribution in [3.05, 3.63) is 77.3 Å². The van der Waals surface area contributed by atoms with Crippen molar-refractivity contribution in [1.82, 2.24) is 24.5 Å². The fraction of sp³-hybridized carbons (Fsp3) is 0.0476. The van der Waals surface area contributed by atoms with E-state index in [9.17, 15) is 4.79 Å². The minimum Gasteiger partial charge on any atom is -0.345 e. The van der Waals surface area contributed by atoms with Crippen LogP contribution in [0, 0.1) is 0 Å². The lowest BCUT2D eigenvalue weighted by Gasteiger charge is -2.10. The number of H-pyrrole nitrogens is 1. The molecule has 2 aromatic carbocycles. The SMILES string of the molecule is Cn1cnc2cc(-c3nc4c(=O)cc[nH]c4nc3-c3ccccc3)ccc21. The summed E-state index contributed by atoms with van der Waals surface area (Å²) in [7, 11) is 1.96. The van der Waals surface area contributed by atoms with Crippen LogP contribution in [0.5, 0.6) is 0 Å². The number of rotatable bonds is 2. The Balaban J connectivity index is 1.85. The lowest BCUT2D eigenvalue weighted by molar-refractivity contribution is 0.948. The average Bonchev–Trinajstić information content (AvgIpc) is 3.08. The van der Waals surface area contributed by atoms with Gasteiger partial charge in [0.2, 0.25) is 5.43 Å². The second-order valence-electron chi connectivity index (χ2n) is 6.38. The van der Waals surface area contributed by atoms with E-state index in [0.717, 1.165) is 27.9 Å². The molecule has 0 radical (unpaired) electrons. The highest BCUT2D eigenvalue weighted by atomic mass is 16.1. The lowest BCUT2D eigenvalue weighted by Crippen LogP contribution is -2.06. The van der Waals surface area contributed by atoms with Crippen LogP contribution >= 0.6 is 0 Å². The van der Waals surface area contributed by atoms with E-state index in [1.165, 1.54) is 6.07 Å². The molecule has 0 atom stereocenters. The van der Waals surface area contributed by atoms with E-state index in [0.29, 0.717) is 16.9 Å². The van der Waals surface area contributed by atoms with Gasteiger partial charge in [-0.25, -0.2) is 15.0 Å². The van der Waals surface area contributed by atoms with E-state index in [-0.39, 0.29) is 5.43 Å². The molecule has 5 aromatic rings. The fourth-order valence-electron chi connectivity index (χ4n) is 3.27. The fourth-order valence-corrected chi connectivity index (χ4v) is 3.27. The van der Waals surface area contributed by atoms with Gasteiger partial charge in [-0.2, -0.15) is 0 Å². The van der Waals surface area contributed by atoms with E-state index < -0.39 is 0 Å². The first kappa shape index (κ1) is 15.5. The molecular formula is C21H15N5O. The number of fused-ring (bicyclic) bond motifs is 2. The molecule has 0 aliphatic carbocycles. The smallest absolute Gasteiger partial charge is 0.209 e. The Kier molecular flexibility index (Phi) is 3.36. The maximum absolute atomic E-state index is 12.3. The molecule has 3 aromatic heterocycles. The van der Waals surface area contributed by atoms with Gasteiger partial charge in [-0.05, 0) is 12.1 Å². The monoisotopic (exact) mass is 353 g/mol. The van der Waals surface area contributed by atoms with Crippen LogP contribution in [-0.2, 0) is 7.05 Å². The Morgan fingerprint density at radius 2 is 1.74 bits per heavy atom. The van der Waals surface area contributed by atoms with Crippen molar-refractivity contribution in [2.45, 2.75) is 0 Å². The van der Waals surface area contributed by atoms with Crippen LogP contribution in [0.1, 0.15) is 0 Å². The number of pyridine rings is 1. The van der Waals surface area contributed by atoms with Gasteiger partial charge in [-0.15, -0.1) is 0 Å². The van der Waals surface area contributed by atoms with Crippen molar-refractivity contribution in [2.24, 2.45) is 7.05 Å². The first-order valence-electron chi connectivity index (χ1n) is 8.57. The highest BCUT2D eigenvalue weighted by molar-refractivity contribution is 5.88. The summed E-state index contributed by atoms with van der Waals surface area (Å²) in [6.07, 6.45) is 3.37. The summed E-state index contributed by atoms with van der Waals surface area (Å²) in [6.45, 7) is 0. The van der Waals surface area contributed by atoms with Crippen LogP contribution in [0.25, 0.3) is 44.7 Å². The van der Waals surface area contributed by atoms with Crippen LogP contribution in [0.3, 0.4) is 0 Å². The van der Waals surface area contributed by atoms with Crippen LogP contribution in [0.4, 0.5) is 0 Å². The van der Waals surface area contributed by atoms with Crippen LogP contribution < -0.4 is 5.43 Å². The quantitative estimate of drug-likeness (QED) is 0.527. The summed E-state index contributed by atoms with van der Waals surface area (Å²) in [6, 6.07) is 17.3. The van der Waals surface area contributed by atoms with Crippen molar-refractivity contribution in [2.75, 3.05) is 0 Å². The van der Waals surface area contributed by atoms with Crippen LogP contribution in [0.15, 0.2) is 71.9 Å². The third-order valence-electron chi connectivity index (χ3n) is 4.63. The van der Waals surface area contributed by atoms with Gasteiger partial charge in [-0.1, -0.05) is 36.4 Å². The van der Waals surface area contributed by atoms with Gasteiger partial charge >= 0.3 is 0 Å². The second-order valence-corrected chi connectivity index (χ2v) is 6.38. The summed E-state index contributed by atoms with van der Waals surface area (Å²) in [5.41, 5.74) is 5.75. The largest absolute Gasteiger partial charge is 0.345 e. The van der Waals surface area contributed by atoms with Crippen LogP contribution in [-0.4, -0.2) is 24.5 Å². The second kappa shape index (κ2) is 5.88. The molecular weight excluding hydrogens is 338 g/mol. The van der Waals surface area contributed by atoms with E-state index in [4.69, 9.17) is 9.97 Å². The van der Waals surface area contributed by atoms with Crippen molar-refractivity contribution in [3.8, 4) is 22.5 Å². The third kappa shape index (κ3) is 2.50. The van der Waals surface area contributed by atoms with E-state index in [1.807, 2.05) is 60.1 Å². The normalized spacial score (nSPS) is 11.3. The molecule has 0 amide bonds. The number of nitrogens with one attached hydrogen (secondary N) is 1. The number of aryl methyl sites for hydroxylation is 1. The standard InChI is InChI=1S/C21H15N5O/c1-26-12-23-15-11-14(7-8-16(15)26)19-18(13-5-3-2-4-6-13)25-21-20(24-19)17(27)9-10-22-21/h2-12H,1H3,(H,22,25,27). The van der Waals surface area contributed by atoms with Gasteiger partial charge < -0.3 is 9.55 Å². The van der Waals surface area contributed by atoms with Gasteiger partial charge in [0, 0.05) is 30.4 Å². The topological polar surface area (TPSA) is 76.5 Å². The van der Waals surface area contributed by atoms with E-state index in [2.05, 4.69) is 9.97 Å². The first-order valence-corrected chi connectivity index (χ1v) is 8.57. The molecule has 6 heteroatoms. The molecule has 27 heavy (non-hydrogen) atoms. The number of imidazole rings is 1. The zero-order valence-electron chi connectivity index (χ0n) is 14.5. The molecule has 6 nitrogen and oxygen atoms in total. The van der Waals surface area contributed by atoms with Crippen LogP contribution in [0.2, 0.25) is 0 Å². The summed E-state index contributed by atoms with van der Waals surface area (Å²) < 4.78 is 1.97. The van der Waals surface area contributed by atoms with Gasteiger partial charge in [0.1, 0.15) is 0 Å². The molecule has 3 heterocycles. The van der Waals surface area contributed by atoms with Crippen molar-refractivity contribution >= 4 is 22.2 Å². The first-order chi connectivity index (χ1) is 13.2. The Morgan fingerprint density at radius 3 is 2.59 bits per heavy atom. The maximum Gasteiger partial charge on any atom is 0.209 e. The molecule has 0 spiro atoms. The molecule has 0 unspecified atom stereocenters. The minimum atomic E-state index is -0.156. The van der Waals surface area contributed by atoms with Crippen molar-refractivity contribution < 1.29 is 0 Å². The summed E-state index contributed by atoms with van der Waals surface area (Å²) in [5, 5.41) is 0. The third-order valence-corrected chi connectivity index (χ3v) is 4.63. The molecule has 0 saturated carbocycles. The predicted octanol–water partition coefficient (Wildman–Crippen LogP) is 3.54. The van der Waals surface area contributed by atoms with E-state index >= 15 is 0 Å². The number of aromatic amines is 1. The number of hydrogen-bond donors (Lipinski definition) is 1. The minimum absolute atomic E-state index is 0.156. The molecule has 0 aliphatic heterocycles. The molecule has 130 valence electrons. The summed E-state index contributed by atoms with van der Waals surface area (Å²) in [4.78, 5) is 29.2. The van der Waals surface area contributed by atoms with Gasteiger partial charge in [0.05, 0.1) is 28.7 Å². The Hall–Kier alpha value is -3.80. The Bertz CT molecular complexity index is 1350. The van der Waals surface area contributed by atoms with E-state index in [1.54, 1.807) is 12.5 Å². The number of benzene rings is 2. The maximum atomic E-state index is 12.3. The number of aromatic nitrogens is 5. The molecule has 5 rings (SSSR count). The van der Waals surface area contributed by atoms with Gasteiger partial charge in [-0.3, -0.25) is 4.79 Å². The lowest BCUT2D eigenvalue weighted by atomic mass is 10.0. The highest BCUT2D eigenvalue weighted by Gasteiger charge is 2.15. The molecule has 0 bridgehead atoms. The average molecular weight is 353 g/mol. The van der Waals surface area contributed by atoms with Crippen molar-refractivity contribution in [3.63, 3.8) is 0 Å². The molecule has 0 aliphatic rings. The zero-order chi connectivity index (χ0) is 18.4. The van der Waals surface area contributed by atoms with Gasteiger partial charge in [0.25, 0.3) is 0 Å². The molecule has 0 saturated heterocycles. The van der Waals surface area contributed by atoms with Gasteiger partial charge in [0.15, 0.2) is 11.2 Å². The summed E-state index contributed by atoms with van der Waals surface area (Å²) in [5.74, 6) is 0. The highest BCUT2D eigenvalue weighted by Crippen LogP contribution is 2.31. The predicted molar refractivity (Wildman–Crippen MR) is 105 cm³/mol.